The van der Waals surface area contributed by atoms with Crippen molar-refractivity contribution in [3.8, 4) is 0 Å². The molecular formula is C15H18F3N5O2S. The molecule has 1 saturated carbocycles. The molecule has 11 heteroatoms. The fraction of sp³-hybridized carbons (Fsp3) is 0.600. The Hall–Kier alpha value is -1.88. The largest absolute Gasteiger partial charge is 0.511 e. The molecule has 0 amide bonds. The molecule has 3 heterocycles. The van der Waals surface area contributed by atoms with Gasteiger partial charge in [0.25, 0.3) is 0 Å². The van der Waals surface area contributed by atoms with Gasteiger partial charge in [0.1, 0.15) is 17.8 Å². The monoisotopic (exact) mass is 389 g/mol. The van der Waals surface area contributed by atoms with Crippen LogP contribution in [-0.2, 0) is 10.0 Å². The molecule has 0 spiro atoms. The smallest absolute Gasteiger partial charge is 0.356 e. The van der Waals surface area contributed by atoms with E-state index in [0.717, 1.165) is 16.9 Å². The summed E-state index contributed by atoms with van der Waals surface area (Å²) in [7, 11) is -3.33. The molecule has 0 aromatic carbocycles. The Kier molecular flexibility index (Phi) is 3.92. The van der Waals surface area contributed by atoms with Gasteiger partial charge in [-0.2, -0.15) is 17.5 Å². The number of hydrogen-bond donors (Lipinski definition) is 1. The van der Waals surface area contributed by atoms with E-state index in [1.807, 2.05) is 18.0 Å². The van der Waals surface area contributed by atoms with Crippen molar-refractivity contribution in [3.05, 3.63) is 18.6 Å². The minimum absolute atomic E-state index is 0.0665. The number of rotatable bonds is 3. The number of fused-ring (bicyclic) bond motifs is 2. The van der Waals surface area contributed by atoms with Crippen LogP contribution in [0, 0.1) is 11.8 Å². The maximum atomic E-state index is 12.8. The van der Waals surface area contributed by atoms with Crippen molar-refractivity contribution in [1.82, 2.24) is 19.3 Å². The van der Waals surface area contributed by atoms with Crippen LogP contribution >= 0.6 is 0 Å². The molecule has 1 saturated heterocycles. The lowest BCUT2D eigenvalue weighted by Gasteiger charge is -2.28. The number of H-pyrrole nitrogens is 1. The number of halogens is 3. The molecule has 0 bridgehead atoms. The van der Waals surface area contributed by atoms with Crippen LogP contribution in [0.15, 0.2) is 18.6 Å². The van der Waals surface area contributed by atoms with Gasteiger partial charge in [-0.3, -0.25) is 0 Å². The van der Waals surface area contributed by atoms with Gasteiger partial charge < -0.3 is 9.88 Å². The molecule has 0 radical (unpaired) electrons. The van der Waals surface area contributed by atoms with E-state index in [9.17, 15) is 21.6 Å². The molecule has 7 nitrogen and oxygen atoms in total. The Morgan fingerprint density at radius 2 is 1.88 bits per heavy atom. The van der Waals surface area contributed by atoms with E-state index in [1.165, 1.54) is 6.33 Å². The molecule has 2 aromatic heterocycles. The summed E-state index contributed by atoms with van der Waals surface area (Å²) in [6.07, 6.45) is 4.53. The predicted molar refractivity (Wildman–Crippen MR) is 88.8 cm³/mol. The van der Waals surface area contributed by atoms with Gasteiger partial charge in [0.05, 0.1) is 5.39 Å². The minimum atomic E-state index is -5.23. The van der Waals surface area contributed by atoms with Gasteiger partial charge in [-0.1, -0.05) is 0 Å². The van der Waals surface area contributed by atoms with Crippen molar-refractivity contribution >= 4 is 26.9 Å². The Bertz CT molecular complexity index is 915. The standard InChI is InChI=1S/C15H18F3N5O2S/c1-22(14-12-2-3-19-13(12)20-8-21-14)11-4-9-6-23(7-10(9)5-11)26(24,25)15(16,17)18/h2-3,8-11H,4-7H2,1H3,(H,19,20,21)/t9-,10+,11?. The predicted octanol–water partition coefficient (Wildman–Crippen LogP) is 1.95. The van der Waals surface area contributed by atoms with Gasteiger partial charge in [-0.25, -0.2) is 18.4 Å². The molecule has 2 fully saturated rings. The zero-order chi connectivity index (χ0) is 18.7. The van der Waals surface area contributed by atoms with E-state index < -0.39 is 15.5 Å². The molecule has 1 aliphatic heterocycles. The van der Waals surface area contributed by atoms with Crippen LogP contribution < -0.4 is 4.90 Å². The highest BCUT2D eigenvalue weighted by Crippen LogP contribution is 2.43. The van der Waals surface area contributed by atoms with Gasteiger partial charge in [0, 0.05) is 32.4 Å². The summed E-state index contributed by atoms with van der Waals surface area (Å²) in [5, 5.41) is 0.883. The molecule has 1 N–H and O–H groups in total. The summed E-state index contributed by atoms with van der Waals surface area (Å²) in [6.45, 7) is -0.139. The third-order valence-corrected chi connectivity index (χ3v) is 7.10. The van der Waals surface area contributed by atoms with Crippen LogP contribution in [-0.4, -0.2) is 59.4 Å². The summed E-state index contributed by atoms with van der Waals surface area (Å²) < 4.78 is 62.1. The van der Waals surface area contributed by atoms with Crippen molar-refractivity contribution in [1.29, 1.82) is 0 Å². The van der Waals surface area contributed by atoms with Crippen LogP contribution in [0.4, 0.5) is 19.0 Å². The lowest BCUT2D eigenvalue weighted by atomic mass is 10.0. The van der Waals surface area contributed by atoms with Crippen LogP contribution in [0.1, 0.15) is 12.8 Å². The van der Waals surface area contributed by atoms with Gasteiger partial charge in [-0.05, 0) is 30.7 Å². The quantitative estimate of drug-likeness (QED) is 0.868. The minimum Gasteiger partial charge on any atom is -0.356 e. The molecular weight excluding hydrogens is 371 g/mol. The average Bonchev–Trinajstić information content (AvgIpc) is 3.26. The van der Waals surface area contributed by atoms with E-state index in [-0.39, 0.29) is 31.0 Å². The Morgan fingerprint density at radius 3 is 2.50 bits per heavy atom. The lowest BCUT2D eigenvalue weighted by Crippen LogP contribution is -2.40. The number of nitrogens with one attached hydrogen (secondary N) is 1. The molecule has 26 heavy (non-hydrogen) atoms. The topological polar surface area (TPSA) is 82.2 Å². The van der Waals surface area contributed by atoms with Crippen LogP contribution in [0.3, 0.4) is 0 Å². The van der Waals surface area contributed by atoms with Crippen molar-refractivity contribution in [3.63, 3.8) is 0 Å². The van der Waals surface area contributed by atoms with Crippen molar-refractivity contribution in [2.45, 2.75) is 24.4 Å². The van der Waals surface area contributed by atoms with Crippen molar-refractivity contribution < 1.29 is 21.6 Å². The third kappa shape index (κ3) is 2.64. The molecule has 2 aliphatic rings. The molecule has 3 atom stereocenters. The first-order valence-electron chi connectivity index (χ1n) is 8.26. The zero-order valence-electron chi connectivity index (χ0n) is 13.9. The van der Waals surface area contributed by atoms with Crippen LogP contribution in [0.25, 0.3) is 11.0 Å². The van der Waals surface area contributed by atoms with Crippen LogP contribution in [0.2, 0.25) is 0 Å². The van der Waals surface area contributed by atoms with E-state index in [4.69, 9.17) is 0 Å². The first-order valence-corrected chi connectivity index (χ1v) is 9.70. The number of alkyl halides is 3. The fourth-order valence-electron chi connectivity index (χ4n) is 4.20. The Labute approximate surface area is 148 Å². The third-order valence-electron chi connectivity index (χ3n) is 5.54. The van der Waals surface area contributed by atoms with Gasteiger partial charge in [0.2, 0.25) is 0 Å². The van der Waals surface area contributed by atoms with E-state index >= 15 is 0 Å². The number of aromatic nitrogens is 3. The highest BCUT2D eigenvalue weighted by Gasteiger charge is 2.55. The normalized spacial score (nSPS) is 27.2. The van der Waals surface area contributed by atoms with Gasteiger partial charge >= 0.3 is 15.5 Å². The van der Waals surface area contributed by atoms with E-state index in [0.29, 0.717) is 17.1 Å². The SMILES string of the molecule is CN(c1ncnc2[nH]ccc12)C1C[C@@H]2CN(S(=O)(=O)C(F)(F)F)C[C@@H]2C1. The second kappa shape index (κ2) is 5.81. The highest BCUT2D eigenvalue weighted by atomic mass is 32.2. The summed E-state index contributed by atoms with van der Waals surface area (Å²) in [5.74, 6) is 0.632. The second-order valence-corrected chi connectivity index (χ2v) is 8.89. The average molecular weight is 389 g/mol. The zero-order valence-corrected chi connectivity index (χ0v) is 14.8. The molecule has 2 aromatic rings. The molecule has 142 valence electrons. The number of hydrogen-bond acceptors (Lipinski definition) is 5. The van der Waals surface area contributed by atoms with Crippen molar-refractivity contribution in [2.75, 3.05) is 25.0 Å². The van der Waals surface area contributed by atoms with Gasteiger partial charge in [-0.15, -0.1) is 0 Å². The molecule has 4 rings (SSSR count). The van der Waals surface area contributed by atoms with E-state index in [1.54, 1.807) is 6.20 Å². The fourth-order valence-corrected chi connectivity index (χ4v) is 5.26. The Morgan fingerprint density at radius 1 is 1.23 bits per heavy atom. The maximum absolute atomic E-state index is 12.8. The first kappa shape index (κ1) is 17.5. The van der Waals surface area contributed by atoms with Gasteiger partial charge in [0.15, 0.2) is 0 Å². The first-order chi connectivity index (χ1) is 12.2. The second-order valence-electron chi connectivity index (χ2n) is 6.96. The Balaban J connectivity index is 1.49. The molecule has 1 unspecified atom stereocenters. The summed E-state index contributed by atoms with van der Waals surface area (Å²) in [6, 6.07) is 1.99. The van der Waals surface area contributed by atoms with Crippen molar-refractivity contribution in [2.24, 2.45) is 11.8 Å². The number of aromatic amines is 1. The number of nitrogens with zero attached hydrogens (tertiary/aromatic N) is 4. The highest BCUT2D eigenvalue weighted by molar-refractivity contribution is 7.90. The lowest BCUT2D eigenvalue weighted by molar-refractivity contribution is -0.0485. The maximum Gasteiger partial charge on any atom is 0.511 e. The summed E-state index contributed by atoms with van der Waals surface area (Å²) >= 11 is 0. The van der Waals surface area contributed by atoms with E-state index in [2.05, 4.69) is 15.0 Å². The summed E-state index contributed by atoms with van der Waals surface area (Å²) in [5.41, 5.74) is -4.51. The summed E-state index contributed by atoms with van der Waals surface area (Å²) in [4.78, 5) is 13.5. The molecule has 1 aliphatic carbocycles. The number of sulfonamides is 1. The number of anilines is 1. The van der Waals surface area contributed by atoms with Crippen LogP contribution in [0.5, 0.6) is 0 Å².